The van der Waals surface area contributed by atoms with E-state index in [4.69, 9.17) is 5.73 Å². The van der Waals surface area contributed by atoms with Crippen LogP contribution in [0.15, 0.2) is 36.5 Å². The van der Waals surface area contributed by atoms with E-state index in [9.17, 15) is 0 Å². The Morgan fingerprint density at radius 3 is 2.77 bits per heavy atom. The molecule has 0 bridgehead atoms. The van der Waals surface area contributed by atoms with Crippen LogP contribution in [-0.4, -0.2) is 9.78 Å². The smallest absolute Gasteiger partial charge is 0.127 e. The van der Waals surface area contributed by atoms with E-state index >= 15 is 0 Å². The maximum absolute atomic E-state index is 5.72. The summed E-state index contributed by atoms with van der Waals surface area (Å²) in [6, 6.07) is 9.84. The van der Waals surface area contributed by atoms with Crippen LogP contribution in [0.1, 0.15) is 5.56 Å². The fourth-order valence-corrected chi connectivity index (χ4v) is 1.29. The normalized spacial score (nSPS) is 10.2. The Morgan fingerprint density at radius 2 is 2.15 bits per heavy atom. The Balaban J connectivity index is 2.53. The summed E-state index contributed by atoms with van der Waals surface area (Å²) in [5, 5.41) is 4.12. The van der Waals surface area contributed by atoms with Crippen molar-refractivity contribution in [3.8, 4) is 5.69 Å². The molecule has 0 unspecified atom stereocenters. The summed E-state index contributed by atoms with van der Waals surface area (Å²) in [6.45, 7) is 2.04. The van der Waals surface area contributed by atoms with Gasteiger partial charge in [0.05, 0.1) is 11.9 Å². The average molecular weight is 173 g/mol. The zero-order chi connectivity index (χ0) is 9.26. The zero-order valence-electron chi connectivity index (χ0n) is 7.44. The van der Waals surface area contributed by atoms with E-state index in [1.165, 1.54) is 5.56 Å². The van der Waals surface area contributed by atoms with Gasteiger partial charge in [0.1, 0.15) is 5.82 Å². The highest BCUT2D eigenvalue weighted by atomic mass is 15.3. The van der Waals surface area contributed by atoms with Crippen LogP contribution in [0.5, 0.6) is 0 Å². The third-order valence-corrected chi connectivity index (χ3v) is 1.92. The first kappa shape index (κ1) is 7.86. The number of hydrogen-bond acceptors (Lipinski definition) is 2. The van der Waals surface area contributed by atoms with Gasteiger partial charge in [0.2, 0.25) is 0 Å². The number of aromatic nitrogens is 2. The molecule has 0 radical (unpaired) electrons. The van der Waals surface area contributed by atoms with Crippen molar-refractivity contribution in [1.82, 2.24) is 9.78 Å². The van der Waals surface area contributed by atoms with Gasteiger partial charge in [-0.2, -0.15) is 5.10 Å². The standard InChI is InChI=1S/C10H11N3/c1-8-3-2-4-9(7-8)13-10(11)5-6-12-13/h2-7H,11H2,1H3. The van der Waals surface area contributed by atoms with Gasteiger partial charge in [0.15, 0.2) is 0 Å². The van der Waals surface area contributed by atoms with Gasteiger partial charge in [-0.15, -0.1) is 0 Å². The van der Waals surface area contributed by atoms with Crippen LogP contribution >= 0.6 is 0 Å². The van der Waals surface area contributed by atoms with E-state index in [-0.39, 0.29) is 0 Å². The average Bonchev–Trinajstić information content (AvgIpc) is 2.51. The quantitative estimate of drug-likeness (QED) is 0.714. The molecule has 0 atom stereocenters. The molecule has 0 amide bonds. The van der Waals surface area contributed by atoms with Crippen molar-refractivity contribution in [2.75, 3.05) is 5.73 Å². The Kier molecular flexibility index (Phi) is 1.77. The zero-order valence-corrected chi connectivity index (χ0v) is 7.44. The first-order valence-corrected chi connectivity index (χ1v) is 4.14. The molecule has 66 valence electrons. The lowest BCUT2D eigenvalue weighted by molar-refractivity contribution is 0.890. The van der Waals surface area contributed by atoms with E-state index in [2.05, 4.69) is 5.10 Å². The summed E-state index contributed by atoms with van der Waals surface area (Å²) in [5.74, 6) is 0.658. The van der Waals surface area contributed by atoms with Gasteiger partial charge in [0, 0.05) is 6.07 Å². The summed E-state index contributed by atoms with van der Waals surface area (Å²) < 4.78 is 1.72. The third kappa shape index (κ3) is 1.40. The third-order valence-electron chi connectivity index (χ3n) is 1.92. The Labute approximate surface area is 76.8 Å². The predicted octanol–water partition coefficient (Wildman–Crippen LogP) is 1.76. The van der Waals surface area contributed by atoms with Crippen LogP contribution in [0.4, 0.5) is 5.82 Å². The van der Waals surface area contributed by atoms with Gasteiger partial charge >= 0.3 is 0 Å². The fourth-order valence-electron chi connectivity index (χ4n) is 1.29. The minimum absolute atomic E-state index is 0.658. The van der Waals surface area contributed by atoms with Crippen molar-refractivity contribution in [2.24, 2.45) is 0 Å². The van der Waals surface area contributed by atoms with Gasteiger partial charge in [-0.3, -0.25) is 0 Å². The predicted molar refractivity (Wildman–Crippen MR) is 52.7 cm³/mol. The van der Waals surface area contributed by atoms with E-state index in [0.717, 1.165) is 5.69 Å². The molecule has 3 nitrogen and oxygen atoms in total. The maximum Gasteiger partial charge on any atom is 0.127 e. The van der Waals surface area contributed by atoms with Crippen molar-refractivity contribution in [2.45, 2.75) is 6.92 Å². The SMILES string of the molecule is Cc1cccc(-n2nccc2N)c1. The summed E-state index contributed by atoms with van der Waals surface area (Å²) in [4.78, 5) is 0. The van der Waals surface area contributed by atoms with Gasteiger partial charge in [-0.05, 0) is 24.6 Å². The topological polar surface area (TPSA) is 43.8 Å². The highest BCUT2D eigenvalue weighted by Gasteiger charge is 1.99. The molecule has 2 aromatic rings. The van der Waals surface area contributed by atoms with Crippen LogP contribution in [-0.2, 0) is 0 Å². The molecule has 0 saturated heterocycles. The minimum atomic E-state index is 0.658. The number of nitrogens with zero attached hydrogens (tertiary/aromatic N) is 2. The van der Waals surface area contributed by atoms with Crippen LogP contribution in [0.25, 0.3) is 5.69 Å². The highest BCUT2D eigenvalue weighted by Crippen LogP contribution is 2.12. The number of nitrogen functional groups attached to an aromatic ring is 1. The molecule has 3 heteroatoms. The van der Waals surface area contributed by atoms with Crippen LogP contribution in [0.2, 0.25) is 0 Å². The number of benzene rings is 1. The molecule has 2 N–H and O–H groups in total. The molecule has 1 aromatic heterocycles. The van der Waals surface area contributed by atoms with Gasteiger partial charge < -0.3 is 5.73 Å². The number of anilines is 1. The number of nitrogens with two attached hydrogens (primary N) is 1. The number of rotatable bonds is 1. The monoisotopic (exact) mass is 173 g/mol. The van der Waals surface area contributed by atoms with Crippen LogP contribution in [0, 0.1) is 6.92 Å². The van der Waals surface area contributed by atoms with E-state index < -0.39 is 0 Å². The number of hydrogen-bond donors (Lipinski definition) is 1. The van der Waals surface area contributed by atoms with Crippen molar-refractivity contribution < 1.29 is 0 Å². The molecule has 0 aliphatic carbocycles. The van der Waals surface area contributed by atoms with Crippen molar-refractivity contribution in [3.63, 3.8) is 0 Å². The Morgan fingerprint density at radius 1 is 1.31 bits per heavy atom. The molecule has 13 heavy (non-hydrogen) atoms. The van der Waals surface area contributed by atoms with E-state index in [0.29, 0.717) is 5.82 Å². The van der Waals surface area contributed by atoms with Crippen molar-refractivity contribution in [1.29, 1.82) is 0 Å². The lowest BCUT2D eigenvalue weighted by Gasteiger charge is -2.03. The second-order valence-electron chi connectivity index (χ2n) is 3.01. The maximum atomic E-state index is 5.72. The van der Waals surface area contributed by atoms with Gasteiger partial charge in [0.25, 0.3) is 0 Å². The Bertz CT molecular complexity index is 418. The summed E-state index contributed by atoms with van der Waals surface area (Å²) in [5.41, 5.74) is 7.93. The van der Waals surface area contributed by atoms with E-state index in [1.807, 2.05) is 31.2 Å². The Hall–Kier alpha value is -1.77. The first-order valence-electron chi connectivity index (χ1n) is 4.14. The molecule has 0 aliphatic heterocycles. The molecule has 1 aromatic carbocycles. The second-order valence-corrected chi connectivity index (χ2v) is 3.01. The number of aryl methyl sites for hydroxylation is 1. The molecular weight excluding hydrogens is 162 g/mol. The van der Waals surface area contributed by atoms with E-state index in [1.54, 1.807) is 16.9 Å². The lowest BCUT2D eigenvalue weighted by Crippen LogP contribution is -2.01. The first-order chi connectivity index (χ1) is 6.27. The molecular formula is C10H11N3. The molecule has 0 spiro atoms. The van der Waals surface area contributed by atoms with Gasteiger partial charge in [-0.1, -0.05) is 12.1 Å². The van der Waals surface area contributed by atoms with Crippen molar-refractivity contribution >= 4 is 5.82 Å². The van der Waals surface area contributed by atoms with Crippen LogP contribution in [0.3, 0.4) is 0 Å². The molecule has 2 rings (SSSR count). The molecule has 0 fully saturated rings. The highest BCUT2D eigenvalue weighted by molar-refractivity contribution is 5.42. The second kappa shape index (κ2) is 2.94. The lowest BCUT2D eigenvalue weighted by atomic mass is 10.2. The van der Waals surface area contributed by atoms with Gasteiger partial charge in [-0.25, -0.2) is 4.68 Å². The van der Waals surface area contributed by atoms with Crippen LogP contribution < -0.4 is 5.73 Å². The fraction of sp³-hybridized carbons (Fsp3) is 0.100. The van der Waals surface area contributed by atoms with Crippen molar-refractivity contribution in [3.05, 3.63) is 42.1 Å². The summed E-state index contributed by atoms with van der Waals surface area (Å²) in [7, 11) is 0. The minimum Gasteiger partial charge on any atom is -0.384 e. The molecule has 0 saturated carbocycles. The molecule has 1 heterocycles. The summed E-state index contributed by atoms with van der Waals surface area (Å²) in [6.07, 6.45) is 1.69. The largest absolute Gasteiger partial charge is 0.384 e. The summed E-state index contributed by atoms with van der Waals surface area (Å²) >= 11 is 0. The molecule has 0 aliphatic rings.